The zero-order valence-electron chi connectivity index (χ0n) is 6.71. The average molecular weight is 222 g/mol. The van der Waals surface area contributed by atoms with E-state index in [1.54, 1.807) is 0 Å². The third-order valence-corrected chi connectivity index (χ3v) is 2.60. The zero-order valence-corrected chi connectivity index (χ0v) is 8.30. The fourth-order valence-corrected chi connectivity index (χ4v) is 1.77. The predicted octanol–water partition coefficient (Wildman–Crippen LogP) is 3.31. The van der Waals surface area contributed by atoms with Gasteiger partial charge in [0.05, 0.1) is 0 Å². The Morgan fingerprint density at radius 1 is 1.17 bits per heavy atom. The first kappa shape index (κ1) is 7.74. The molecule has 2 aromatic rings. The van der Waals surface area contributed by atoms with Crippen LogP contribution in [0.15, 0.2) is 35.1 Å². The summed E-state index contributed by atoms with van der Waals surface area (Å²) in [5.41, 5.74) is 1.27. The fraction of sp³-hybridized carbons (Fsp3) is 0.100. The molecule has 0 amide bonds. The predicted molar refractivity (Wildman–Crippen MR) is 54.2 cm³/mol. The highest BCUT2D eigenvalue weighted by molar-refractivity contribution is 9.10. The van der Waals surface area contributed by atoms with Gasteiger partial charge in [0.1, 0.15) is 0 Å². The summed E-state index contributed by atoms with van der Waals surface area (Å²) in [6.45, 7) is 2.09. The van der Waals surface area contributed by atoms with E-state index in [9.17, 15) is 0 Å². The van der Waals surface area contributed by atoms with Crippen molar-refractivity contribution in [1.82, 2.24) is 4.98 Å². The summed E-state index contributed by atoms with van der Waals surface area (Å²) in [5, 5.41) is 2.44. The number of hydrogen-bond donors (Lipinski definition) is 0. The Morgan fingerprint density at radius 3 is 2.75 bits per heavy atom. The van der Waals surface area contributed by atoms with Crippen LogP contribution >= 0.6 is 15.9 Å². The minimum Gasteiger partial charge on any atom is -0.263 e. The number of pyridine rings is 1. The highest BCUT2D eigenvalue weighted by atomic mass is 79.9. The van der Waals surface area contributed by atoms with E-state index in [1.807, 2.05) is 12.4 Å². The molecule has 0 aliphatic rings. The van der Waals surface area contributed by atoms with Crippen LogP contribution in [-0.2, 0) is 0 Å². The summed E-state index contributed by atoms with van der Waals surface area (Å²) in [6, 6.07) is 6.24. The van der Waals surface area contributed by atoms with Gasteiger partial charge in [-0.05, 0) is 33.8 Å². The molecular weight excluding hydrogens is 214 g/mol. The third kappa shape index (κ3) is 1.12. The van der Waals surface area contributed by atoms with Crippen LogP contribution in [-0.4, -0.2) is 4.98 Å². The van der Waals surface area contributed by atoms with E-state index in [-0.39, 0.29) is 0 Å². The van der Waals surface area contributed by atoms with E-state index >= 15 is 0 Å². The second-order valence-corrected chi connectivity index (χ2v) is 3.65. The van der Waals surface area contributed by atoms with Gasteiger partial charge >= 0.3 is 0 Å². The third-order valence-electron chi connectivity index (χ3n) is 1.97. The Kier molecular flexibility index (Phi) is 1.85. The van der Waals surface area contributed by atoms with Crippen molar-refractivity contribution in [2.24, 2.45) is 0 Å². The molecule has 0 radical (unpaired) electrons. The molecule has 0 atom stereocenters. The molecule has 2 heteroatoms. The largest absolute Gasteiger partial charge is 0.263 e. The molecule has 1 heterocycles. The van der Waals surface area contributed by atoms with Gasteiger partial charge < -0.3 is 0 Å². The van der Waals surface area contributed by atoms with Gasteiger partial charge in [0.25, 0.3) is 0 Å². The summed E-state index contributed by atoms with van der Waals surface area (Å²) >= 11 is 3.47. The maximum atomic E-state index is 4.13. The topological polar surface area (TPSA) is 12.9 Å². The van der Waals surface area contributed by atoms with E-state index in [1.165, 1.54) is 16.3 Å². The van der Waals surface area contributed by atoms with E-state index < -0.39 is 0 Å². The maximum Gasteiger partial charge on any atom is 0.0437 e. The van der Waals surface area contributed by atoms with Gasteiger partial charge in [-0.25, -0.2) is 0 Å². The summed E-state index contributed by atoms with van der Waals surface area (Å²) in [5.74, 6) is 0. The van der Waals surface area contributed by atoms with Gasteiger partial charge in [0.2, 0.25) is 0 Å². The number of hydrogen-bond acceptors (Lipinski definition) is 1. The Bertz CT molecular complexity index is 382. The lowest BCUT2D eigenvalue weighted by molar-refractivity contribution is 1.33. The number of rotatable bonds is 0. The van der Waals surface area contributed by atoms with Gasteiger partial charge in [0, 0.05) is 22.3 Å². The molecule has 1 nitrogen and oxygen atoms in total. The molecule has 0 aliphatic carbocycles. The number of halogens is 1. The highest BCUT2D eigenvalue weighted by Crippen LogP contribution is 2.24. The number of nitrogens with zero attached hydrogens (tertiary/aromatic N) is 1. The summed E-state index contributed by atoms with van der Waals surface area (Å²) in [6.07, 6.45) is 3.72. The van der Waals surface area contributed by atoms with Crippen molar-refractivity contribution in [2.45, 2.75) is 6.92 Å². The van der Waals surface area contributed by atoms with E-state index in [0.717, 1.165) is 4.47 Å². The van der Waals surface area contributed by atoms with Gasteiger partial charge in [-0.2, -0.15) is 0 Å². The van der Waals surface area contributed by atoms with Crippen molar-refractivity contribution >= 4 is 26.7 Å². The van der Waals surface area contributed by atoms with Crippen molar-refractivity contribution < 1.29 is 0 Å². The van der Waals surface area contributed by atoms with Crippen molar-refractivity contribution in [2.75, 3.05) is 0 Å². The van der Waals surface area contributed by atoms with Crippen LogP contribution in [0.2, 0.25) is 0 Å². The molecule has 1 aromatic heterocycles. The quantitative estimate of drug-likeness (QED) is 0.666. The number of benzene rings is 1. The van der Waals surface area contributed by atoms with Crippen LogP contribution in [0.5, 0.6) is 0 Å². The molecule has 1 aromatic carbocycles. The first-order valence-electron chi connectivity index (χ1n) is 3.78. The second kappa shape index (κ2) is 2.87. The van der Waals surface area contributed by atoms with Crippen molar-refractivity contribution in [3.05, 3.63) is 40.6 Å². The summed E-state index contributed by atoms with van der Waals surface area (Å²) in [4.78, 5) is 4.13. The lowest BCUT2D eigenvalue weighted by Crippen LogP contribution is -1.80. The van der Waals surface area contributed by atoms with Crippen molar-refractivity contribution in [3.63, 3.8) is 0 Å². The first-order chi connectivity index (χ1) is 5.79. The number of aromatic nitrogens is 1. The van der Waals surface area contributed by atoms with Crippen LogP contribution in [0.3, 0.4) is 0 Å². The van der Waals surface area contributed by atoms with Crippen LogP contribution in [0.1, 0.15) is 5.56 Å². The van der Waals surface area contributed by atoms with Crippen LogP contribution in [0, 0.1) is 6.92 Å². The monoisotopic (exact) mass is 221 g/mol. The lowest BCUT2D eigenvalue weighted by atomic mass is 10.1. The molecular formula is C10H8BrN. The molecule has 60 valence electrons. The molecule has 0 aliphatic heterocycles. The minimum absolute atomic E-state index is 1.06. The SMILES string of the molecule is Cc1cccc2c(Br)cncc12. The molecule has 2 rings (SSSR count). The Balaban J connectivity index is 2.94. The van der Waals surface area contributed by atoms with Crippen molar-refractivity contribution in [1.29, 1.82) is 0 Å². The second-order valence-electron chi connectivity index (χ2n) is 2.79. The molecule has 0 saturated carbocycles. The summed E-state index contributed by atoms with van der Waals surface area (Å²) in [7, 11) is 0. The van der Waals surface area contributed by atoms with Gasteiger partial charge in [-0.15, -0.1) is 0 Å². The van der Waals surface area contributed by atoms with Crippen LogP contribution < -0.4 is 0 Å². The molecule has 0 bridgehead atoms. The molecule has 0 saturated heterocycles. The van der Waals surface area contributed by atoms with E-state index in [4.69, 9.17) is 0 Å². The maximum absolute atomic E-state index is 4.13. The van der Waals surface area contributed by atoms with Crippen LogP contribution in [0.25, 0.3) is 10.8 Å². The Hall–Kier alpha value is -0.890. The van der Waals surface area contributed by atoms with Gasteiger partial charge in [-0.1, -0.05) is 18.2 Å². The van der Waals surface area contributed by atoms with E-state index in [0.29, 0.717) is 0 Å². The Morgan fingerprint density at radius 2 is 2.00 bits per heavy atom. The molecule has 12 heavy (non-hydrogen) atoms. The first-order valence-corrected chi connectivity index (χ1v) is 4.57. The number of fused-ring (bicyclic) bond motifs is 1. The molecule has 0 N–H and O–H groups in total. The molecule has 0 unspecified atom stereocenters. The normalized spacial score (nSPS) is 10.5. The molecule has 0 spiro atoms. The highest BCUT2D eigenvalue weighted by Gasteiger charge is 1.99. The Labute approximate surface area is 79.6 Å². The van der Waals surface area contributed by atoms with Gasteiger partial charge in [0.15, 0.2) is 0 Å². The van der Waals surface area contributed by atoms with Crippen molar-refractivity contribution in [3.8, 4) is 0 Å². The average Bonchev–Trinajstić information content (AvgIpc) is 2.07. The minimum atomic E-state index is 1.06. The standard InChI is InChI=1S/C10H8BrN/c1-7-3-2-4-8-9(7)5-12-6-10(8)11/h2-6H,1H3. The zero-order chi connectivity index (χ0) is 8.55. The lowest BCUT2D eigenvalue weighted by Gasteiger charge is -2.01. The van der Waals surface area contributed by atoms with Crippen LogP contribution in [0.4, 0.5) is 0 Å². The smallest absolute Gasteiger partial charge is 0.0437 e. The molecule has 0 fully saturated rings. The number of aryl methyl sites for hydroxylation is 1. The fourth-order valence-electron chi connectivity index (χ4n) is 1.31. The summed E-state index contributed by atoms with van der Waals surface area (Å²) < 4.78 is 1.06. The van der Waals surface area contributed by atoms with E-state index in [2.05, 4.69) is 46.0 Å². The van der Waals surface area contributed by atoms with Gasteiger partial charge in [-0.3, -0.25) is 4.98 Å².